The van der Waals surface area contributed by atoms with Crippen molar-refractivity contribution in [3.63, 3.8) is 0 Å². The summed E-state index contributed by atoms with van der Waals surface area (Å²) in [4.78, 5) is 8.55. The van der Waals surface area contributed by atoms with E-state index in [4.69, 9.17) is 19.9 Å². The lowest BCUT2D eigenvalue weighted by Crippen LogP contribution is -2.06. The van der Waals surface area contributed by atoms with Gasteiger partial charge in [0, 0.05) is 25.5 Å². The summed E-state index contributed by atoms with van der Waals surface area (Å²) in [7, 11) is 3.19. The molecule has 2 aromatic heterocycles. The Morgan fingerprint density at radius 2 is 1.81 bits per heavy atom. The first-order chi connectivity index (χ1) is 13.2. The second kappa shape index (κ2) is 10.3. The summed E-state index contributed by atoms with van der Waals surface area (Å²) in [6.07, 6.45) is 1.53. The third kappa shape index (κ3) is 5.08. The fourth-order valence-corrected chi connectivity index (χ4v) is 3.14. The maximum atomic E-state index is 9.67. The second-order valence-corrected chi connectivity index (χ2v) is 6.30. The summed E-state index contributed by atoms with van der Waals surface area (Å²) in [6, 6.07) is 7.56. The SMILES string of the molecule is COCCOc1ccc(-c2c(C#N)c(N)nc(SCCOC)c2C#N)nc1. The number of hydrogen-bond acceptors (Lipinski definition) is 9. The molecular formula is C18H19N5O3S. The average Bonchev–Trinajstić information content (AvgIpc) is 2.68. The standard InChI is InChI=1S/C18H19N5O3S/c1-24-5-6-26-12-3-4-15(22-11-12)16-13(9-19)17(21)23-18(14(16)10-20)27-8-7-25-2/h3-4,11H,5-8H2,1-2H3,(H2,21,23). The van der Waals surface area contributed by atoms with Gasteiger partial charge in [0.25, 0.3) is 0 Å². The van der Waals surface area contributed by atoms with Gasteiger partial charge in [-0.2, -0.15) is 10.5 Å². The predicted molar refractivity (Wildman–Crippen MR) is 101 cm³/mol. The molecule has 0 atom stereocenters. The van der Waals surface area contributed by atoms with E-state index in [0.29, 0.717) is 47.6 Å². The van der Waals surface area contributed by atoms with Gasteiger partial charge >= 0.3 is 0 Å². The van der Waals surface area contributed by atoms with Gasteiger partial charge in [-0.25, -0.2) is 4.98 Å². The van der Waals surface area contributed by atoms with E-state index >= 15 is 0 Å². The van der Waals surface area contributed by atoms with Gasteiger partial charge in [0.05, 0.1) is 30.7 Å². The van der Waals surface area contributed by atoms with Crippen molar-refractivity contribution < 1.29 is 14.2 Å². The first kappa shape index (κ1) is 20.5. The van der Waals surface area contributed by atoms with Crippen molar-refractivity contribution in [1.29, 1.82) is 10.5 Å². The molecule has 0 spiro atoms. The van der Waals surface area contributed by atoms with Crippen LogP contribution in [0.15, 0.2) is 23.4 Å². The van der Waals surface area contributed by atoms with Crippen LogP contribution >= 0.6 is 11.8 Å². The van der Waals surface area contributed by atoms with E-state index in [9.17, 15) is 10.5 Å². The van der Waals surface area contributed by atoms with Crippen molar-refractivity contribution in [3.8, 4) is 29.1 Å². The number of rotatable bonds is 9. The van der Waals surface area contributed by atoms with E-state index in [-0.39, 0.29) is 16.9 Å². The van der Waals surface area contributed by atoms with E-state index in [2.05, 4.69) is 16.0 Å². The van der Waals surface area contributed by atoms with Crippen LogP contribution in [0, 0.1) is 22.7 Å². The Kier molecular flexibility index (Phi) is 7.83. The highest BCUT2D eigenvalue weighted by atomic mass is 32.2. The Balaban J connectivity index is 2.44. The van der Waals surface area contributed by atoms with Crippen LogP contribution in [0.1, 0.15) is 11.1 Å². The van der Waals surface area contributed by atoms with E-state index < -0.39 is 0 Å². The van der Waals surface area contributed by atoms with Crippen molar-refractivity contribution >= 4 is 17.6 Å². The molecule has 0 amide bonds. The fraction of sp³-hybridized carbons (Fsp3) is 0.333. The molecule has 0 aliphatic heterocycles. The van der Waals surface area contributed by atoms with E-state index in [0.717, 1.165) is 0 Å². The van der Waals surface area contributed by atoms with Gasteiger partial charge in [0.15, 0.2) is 0 Å². The molecule has 2 aromatic rings. The molecule has 0 saturated carbocycles. The monoisotopic (exact) mass is 385 g/mol. The molecule has 2 N–H and O–H groups in total. The number of nitrogens with two attached hydrogens (primary N) is 1. The van der Waals surface area contributed by atoms with Gasteiger partial charge in [-0.1, -0.05) is 0 Å². The Hall–Kier alpha value is -2.85. The van der Waals surface area contributed by atoms with Crippen LogP contribution in [-0.2, 0) is 9.47 Å². The molecule has 0 aliphatic rings. The Labute approximate surface area is 161 Å². The van der Waals surface area contributed by atoms with Gasteiger partial charge in [0.2, 0.25) is 0 Å². The highest BCUT2D eigenvalue weighted by Gasteiger charge is 2.21. The van der Waals surface area contributed by atoms with Crippen molar-refractivity contribution in [1.82, 2.24) is 9.97 Å². The Morgan fingerprint density at radius 1 is 1.07 bits per heavy atom. The van der Waals surface area contributed by atoms with Crippen LogP contribution in [0.5, 0.6) is 5.75 Å². The molecule has 0 unspecified atom stereocenters. The first-order valence-electron chi connectivity index (χ1n) is 7.99. The van der Waals surface area contributed by atoms with Crippen LogP contribution in [0.25, 0.3) is 11.3 Å². The lowest BCUT2D eigenvalue weighted by molar-refractivity contribution is 0.146. The minimum Gasteiger partial charge on any atom is -0.490 e. The smallest absolute Gasteiger partial charge is 0.143 e. The largest absolute Gasteiger partial charge is 0.490 e. The van der Waals surface area contributed by atoms with Crippen molar-refractivity contribution in [2.24, 2.45) is 0 Å². The molecule has 9 heteroatoms. The van der Waals surface area contributed by atoms with Gasteiger partial charge in [-0.15, -0.1) is 11.8 Å². The second-order valence-electron chi connectivity index (χ2n) is 5.21. The summed E-state index contributed by atoms with van der Waals surface area (Å²) in [5, 5.41) is 19.6. The van der Waals surface area contributed by atoms with Crippen molar-refractivity contribution in [3.05, 3.63) is 29.5 Å². The Bertz CT molecular complexity index is 859. The molecule has 27 heavy (non-hydrogen) atoms. The lowest BCUT2D eigenvalue weighted by atomic mass is 10.0. The highest BCUT2D eigenvalue weighted by molar-refractivity contribution is 7.99. The van der Waals surface area contributed by atoms with Crippen LogP contribution in [0.2, 0.25) is 0 Å². The number of nitrogen functional groups attached to an aromatic ring is 1. The van der Waals surface area contributed by atoms with Crippen LogP contribution in [0.3, 0.4) is 0 Å². The molecule has 0 radical (unpaired) electrons. The zero-order valence-electron chi connectivity index (χ0n) is 15.1. The lowest BCUT2D eigenvalue weighted by Gasteiger charge is -2.13. The Morgan fingerprint density at radius 3 is 2.41 bits per heavy atom. The molecule has 0 aliphatic carbocycles. The molecule has 2 rings (SSSR count). The van der Waals surface area contributed by atoms with Gasteiger partial charge in [-0.05, 0) is 12.1 Å². The van der Waals surface area contributed by atoms with Crippen LogP contribution in [-0.4, -0.2) is 49.8 Å². The quantitative estimate of drug-likeness (QED) is 0.510. The zero-order chi connectivity index (χ0) is 19.6. The number of nitriles is 2. The zero-order valence-corrected chi connectivity index (χ0v) is 15.9. The predicted octanol–water partition coefficient (Wildman–Crippen LogP) is 2.23. The number of pyridine rings is 2. The summed E-state index contributed by atoms with van der Waals surface area (Å²) < 4.78 is 15.5. The van der Waals surface area contributed by atoms with Gasteiger partial charge in [0.1, 0.15) is 40.9 Å². The number of anilines is 1. The molecule has 0 fully saturated rings. The third-order valence-corrected chi connectivity index (χ3v) is 4.43. The fourth-order valence-electron chi connectivity index (χ4n) is 2.24. The normalized spacial score (nSPS) is 10.2. The minimum atomic E-state index is 0.0636. The van der Waals surface area contributed by atoms with Gasteiger partial charge < -0.3 is 19.9 Å². The van der Waals surface area contributed by atoms with Gasteiger partial charge in [-0.3, -0.25) is 4.98 Å². The maximum absolute atomic E-state index is 9.67. The summed E-state index contributed by atoms with van der Waals surface area (Å²) in [5.41, 5.74) is 7.17. The molecule has 0 aromatic carbocycles. The maximum Gasteiger partial charge on any atom is 0.143 e. The molecular weight excluding hydrogens is 366 g/mol. The minimum absolute atomic E-state index is 0.0636. The molecule has 2 heterocycles. The van der Waals surface area contributed by atoms with Crippen molar-refractivity contribution in [2.75, 3.05) is 45.5 Å². The number of thioether (sulfide) groups is 1. The number of hydrogen-bond donors (Lipinski definition) is 1. The topological polar surface area (TPSA) is 127 Å². The summed E-state index contributed by atoms with van der Waals surface area (Å²) in [5.74, 6) is 1.22. The van der Waals surface area contributed by atoms with Crippen LogP contribution in [0.4, 0.5) is 5.82 Å². The summed E-state index contributed by atoms with van der Waals surface area (Å²) >= 11 is 1.34. The molecule has 0 saturated heterocycles. The third-order valence-electron chi connectivity index (χ3n) is 3.49. The highest BCUT2D eigenvalue weighted by Crippen LogP contribution is 2.35. The molecule has 140 valence electrons. The number of aromatic nitrogens is 2. The van der Waals surface area contributed by atoms with Crippen molar-refractivity contribution in [2.45, 2.75) is 5.03 Å². The number of ether oxygens (including phenoxy) is 3. The van der Waals surface area contributed by atoms with E-state index in [1.54, 1.807) is 26.4 Å². The average molecular weight is 385 g/mol. The summed E-state index contributed by atoms with van der Waals surface area (Å²) in [6.45, 7) is 1.35. The van der Waals surface area contributed by atoms with Crippen LogP contribution < -0.4 is 10.5 Å². The molecule has 8 nitrogen and oxygen atoms in total. The van der Waals surface area contributed by atoms with E-state index in [1.807, 2.05) is 6.07 Å². The first-order valence-corrected chi connectivity index (χ1v) is 8.98. The molecule has 0 bridgehead atoms. The number of nitrogens with zero attached hydrogens (tertiary/aromatic N) is 4. The number of methoxy groups -OCH3 is 2. The van der Waals surface area contributed by atoms with E-state index in [1.165, 1.54) is 18.0 Å².